The molecular weight excluding hydrogens is 502 g/mol. The number of carbonyl (C=O) groups excluding carboxylic acids is 7. The van der Waals surface area contributed by atoms with Gasteiger partial charge >= 0.3 is 6.09 Å². The first-order valence-electron chi connectivity index (χ1n) is 12.8. The maximum Gasteiger partial charge on any atom is 0.411 e. The number of fused-ring (bicyclic) bond motifs is 2. The Bertz CT molecular complexity index is 1500. The number of amides is 1. The summed E-state index contributed by atoms with van der Waals surface area (Å²) in [6.45, 7) is 6.95. The molecule has 2 aliphatic carbocycles. The van der Waals surface area contributed by atoms with Crippen molar-refractivity contribution in [3.05, 3.63) is 58.7 Å². The largest absolute Gasteiger partial charge is 0.444 e. The van der Waals surface area contributed by atoms with E-state index in [2.05, 4.69) is 0 Å². The Labute approximate surface area is 224 Å². The molecule has 4 atom stereocenters. The Hall–Kier alpha value is -4.27. The highest BCUT2D eigenvalue weighted by Gasteiger charge is 2.50. The summed E-state index contributed by atoms with van der Waals surface area (Å²) in [6.07, 6.45) is 0.523. The van der Waals surface area contributed by atoms with Crippen LogP contribution in [0, 0.1) is 11.8 Å². The van der Waals surface area contributed by atoms with Gasteiger partial charge in [0.25, 0.3) is 0 Å². The molecule has 1 heterocycles. The van der Waals surface area contributed by atoms with Crippen LogP contribution in [-0.2, 0) is 14.3 Å². The number of Topliss-reactive ketones (excluding diaryl/α,β-unsaturated/α-hetero) is 5. The van der Waals surface area contributed by atoms with Gasteiger partial charge in [0.15, 0.2) is 28.9 Å². The van der Waals surface area contributed by atoms with Crippen LogP contribution < -0.4 is 0 Å². The van der Waals surface area contributed by atoms with Gasteiger partial charge in [-0.1, -0.05) is 24.3 Å². The van der Waals surface area contributed by atoms with Gasteiger partial charge in [0.05, 0.1) is 6.04 Å². The summed E-state index contributed by atoms with van der Waals surface area (Å²) in [5, 5.41) is 0. The molecule has 9 nitrogen and oxygen atoms in total. The Morgan fingerprint density at radius 3 is 1.90 bits per heavy atom. The predicted molar refractivity (Wildman–Crippen MR) is 138 cm³/mol. The molecule has 1 fully saturated rings. The summed E-state index contributed by atoms with van der Waals surface area (Å²) < 4.78 is 5.48. The first-order valence-corrected chi connectivity index (χ1v) is 12.8. The summed E-state index contributed by atoms with van der Waals surface area (Å²) >= 11 is 0. The fourth-order valence-electron chi connectivity index (χ4n) is 5.63. The minimum Gasteiger partial charge on any atom is -0.444 e. The molecule has 3 aliphatic rings. The van der Waals surface area contributed by atoms with Crippen LogP contribution in [0.3, 0.4) is 0 Å². The van der Waals surface area contributed by atoms with E-state index < -0.39 is 58.5 Å². The average Bonchev–Trinajstić information content (AvgIpc) is 3.47. The van der Waals surface area contributed by atoms with Crippen LogP contribution in [0.15, 0.2) is 36.4 Å². The molecule has 0 radical (unpaired) electrons. The number of rotatable bonds is 4. The molecule has 1 saturated heterocycles. The molecule has 0 N–H and O–H groups in total. The highest BCUT2D eigenvalue weighted by atomic mass is 16.6. The van der Waals surface area contributed by atoms with Gasteiger partial charge in [-0.3, -0.25) is 28.9 Å². The van der Waals surface area contributed by atoms with E-state index in [1.807, 2.05) is 0 Å². The van der Waals surface area contributed by atoms with Crippen LogP contribution in [0.4, 0.5) is 4.79 Å². The molecule has 200 valence electrons. The van der Waals surface area contributed by atoms with E-state index in [-0.39, 0.29) is 28.3 Å². The van der Waals surface area contributed by atoms with Crippen LogP contribution in [0.2, 0.25) is 0 Å². The molecule has 2 aromatic carbocycles. The fraction of sp³-hybridized carbons (Fsp3) is 0.367. The van der Waals surface area contributed by atoms with E-state index >= 15 is 0 Å². The molecule has 9 heteroatoms. The summed E-state index contributed by atoms with van der Waals surface area (Å²) in [5.74, 6) is -5.90. The Morgan fingerprint density at radius 1 is 0.821 bits per heavy atom. The zero-order valence-corrected chi connectivity index (χ0v) is 22.0. The van der Waals surface area contributed by atoms with E-state index in [9.17, 15) is 33.6 Å². The van der Waals surface area contributed by atoms with Gasteiger partial charge in [0.1, 0.15) is 23.7 Å². The molecule has 0 spiro atoms. The maximum absolute atomic E-state index is 13.6. The minimum absolute atomic E-state index is 0.0828. The van der Waals surface area contributed by atoms with E-state index in [0.29, 0.717) is 30.3 Å². The number of ether oxygens (including phenoxy) is 1. The number of hydrogen-bond acceptors (Lipinski definition) is 8. The van der Waals surface area contributed by atoms with Crippen molar-refractivity contribution in [2.45, 2.75) is 58.2 Å². The molecule has 5 rings (SSSR count). The van der Waals surface area contributed by atoms with Crippen molar-refractivity contribution in [1.82, 2.24) is 4.90 Å². The van der Waals surface area contributed by atoms with Crippen molar-refractivity contribution in [2.75, 3.05) is 0 Å². The number of ketones is 5. The minimum atomic E-state index is -1.55. The van der Waals surface area contributed by atoms with Gasteiger partial charge in [-0.2, -0.15) is 0 Å². The van der Waals surface area contributed by atoms with E-state index in [0.717, 1.165) is 0 Å². The number of nitrogens with zero attached hydrogens (tertiary/aromatic N) is 1. The first-order chi connectivity index (χ1) is 18.3. The maximum atomic E-state index is 13.6. The lowest BCUT2D eigenvalue weighted by molar-refractivity contribution is -0.125. The number of aldehydes is 1. The van der Waals surface area contributed by atoms with Crippen molar-refractivity contribution < 1.29 is 38.3 Å². The third kappa shape index (κ3) is 4.22. The number of benzene rings is 2. The molecule has 1 aliphatic heterocycles. The summed E-state index contributed by atoms with van der Waals surface area (Å²) in [7, 11) is 0. The quantitative estimate of drug-likeness (QED) is 0.430. The second-order valence-corrected chi connectivity index (χ2v) is 11.3. The normalized spacial score (nSPS) is 24.2. The molecular formula is C30H27NO8. The lowest BCUT2D eigenvalue weighted by atomic mass is 9.92. The van der Waals surface area contributed by atoms with Gasteiger partial charge in [0.2, 0.25) is 0 Å². The third-order valence-electron chi connectivity index (χ3n) is 7.55. The van der Waals surface area contributed by atoms with Crippen molar-refractivity contribution in [3.8, 4) is 11.1 Å². The zero-order valence-electron chi connectivity index (χ0n) is 22.0. The Balaban J connectivity index is 1.43. The second-order valence-electron chi connectivity index (χ2n) is 11.3. The van der Waals surface area contributed by atoms with E-state index in [1.54, 1.807) is 39.8 Å². The summed E-state index contributed by atoms with van der Waals surface area (Å²) in [4.78, 5) is 90.4. The zero-order chi connectivity index (χ0) is 28.4. The molecule has 0 saturated carbocycles. The van der Waals surface area contributed by atoms with Crippen LogP contribution in [-0.4, -0.2) is 63.9 Å². The Kier molecular flexibility index (Phi) is 6.20. The Morgan fingerprint density at radius 2 is 1.33 bits per heavy atom. The van der Waals surface area contributed by atoms with Gasteiger partial charge in [0, 0.05) is 28.3 Å². The van der Waals surface area contributed by atoms with Crippen molar-refractivity contribution in [1.29, 1.82) is 0 Å². The molecule has 2 aromatic rings. The summed E-state index contributed by atoms with van der Waals surface area (Å²) in [5.41, 5.74) is 0.736. The van der Waals surface area contributed by atoms with Crippen molar-refractivity contribution in [2.24, 2.45) is 11.8 Å². The van der Waals surface area contributed by atoms with Crippen molar-refractivity contribution in [3.63, 3.8) is 0 Å². The molecule has 0 bridgehead atoms. The van der Waals surface area contributed by atoms with Gasteiger partial charge < -0.3 is 9.53 Å². The smallest absolute Gasteiger partial charge is 0.411 e. The first kappa shape index (κ1) is 26.3. The van der Waals surface area contributed by atoms with Gasteiger partial charge in [-0.15, -0.1) is 0 Å². The molecule has 39 heavy (non-hydrogen) atoms. The molecule has 3 unspecified atom stereocenters. The fourth-order valence-corrected chi connectivity index (χ4v) is 5.63. The number of hydrogen-bond donors (Lipinski definition) is 0. The SMILES string of the molecule is C[C@@H]1CCC(C(=O)C2C(=O)c3ccc(-c4ccc5c(c4)C(=O)C(C=O)C5=O)cc3C2=O)N1C(=O)OC(C)(C)C. The lowest BCUT2D eigenvalue weighted by Crippen LogP contribution is -2.49. The average molecular weight is 530 g/mol. The number of likely N-dealkylation sites (tertiary alicyclic amines) is 1. The monoisotopic (exact) mass is 529 g/mol. The number of carbonyl (C=O) groups is 7. The third-order valence-corrected chi connectivity index (χ3v) is 7.55. The highest BCUT2D eigenvalue weighted by molar-refractivity contribution is 6.36. The molecule has 1 amide bonds. The second kappa shape index (κ2) is 9.18. The molecule has 0 aromatic heterocycles. The standard InChI is InChI=1S/C30H27NO8/c1-14-5-10-22(31(14)29(38)39-30(2,3)4)28(37)23-26(35)18-9-7-16(12-20(18)27(23)36)15-6-8-17-19(11-15)25(34)21(13-32)24(17)33/h6-9,11-14,21-23H,5,10H2,1-4H3/t14-,21?,22?,23?/m1/s1. The van der Waals surface area contributed by atoms with Gasteiger partial charge in [-0.25, -0.2) is 4.79 Å². The van der Waals surface area contributed by atoms with E-state index in [1.165, 1.54) is 29.2 Å². The van der Waals surface area contributed by atoms with Gasteiger partial charge in [-0.05, 0) is 63.8 Å². The lowest BCUT2D eigenvalue weighted by Gasteiger charge is -2.31. The summed E-state index contributed by atoms with van der Waals surface area (Å²) in [6, 6.07) is 7.87. The topological polar surface area (TPSA) is 132 Å². The van der Waals surface area contributed by atoms with Crippen LogP contribution >= 0.6 is 0 Å². The highest BCUT2D eigenvalue weighted by Crippen LogP contribution is 2.37. The van der Waals surface area contributed by atoms with Crippen LogP contribution in [0.5, 0.6) is 0 Å². The van der Waals surface area contributed by atoms with Crippen LogP contribution in [0.25, 0.3) is 11.1 Å². The van der Waals surface area contributed by atoms with Crippen molar-refractivity contribution >= 4 is 41.3 Å². The predicted octanol–water partition coefficient (Wildman–Crippen LogP) is 3.90. The van der Waals surface area contributed by atoms with Crippen LogP contribution in [0.1, 0.15) is 82.0 Å². The van der Waals surface area contributed by atoms with E-state index in [4.69, 9.17) is 4.74 Å².